The van der Waals surface area contributed by atoms with E-state index in [-0.39, 0.29) is 17.3 Å². The Kier molecular flexibility index (Phi) is 7.46. The van der Waals surface area contributed by atoms with Gasteiger partial charge in [-0.05, 0) is 70.4 Å². The molecule has 1 aliphatic heterocycles. The number of ether oxygens (including phenoxy) is 4. The molecule has 0 spiro atoms. The van der Waals surface area contributed by atoms with E-state index in [0.717, 1.165) is 18.6 Å². The second-order valence-electron chi connectivity index (χ2n) is 6.69. The lowest BCUT2D eigenvalue weighted by Crippen LogP contribution is -2.05. The van der Waals surface area contributed by atoms with Crippen LogP contribution in [0.4, 0.5) is 0 Å². The van der Waals surface area contributed by atoms with Crippen LogP contribution >= 0.6 is 15.9 Å². The minimum Gasteiger partial charge on any atom is -0.494 e. The Balaban J connectivity index is 1.83. The minimum atomic E-state index is -0.558. The maximum atomic E-state index is 12.3. The zero-order chi connectivity index (χ0) is 22.4. The number of methoxy groups -OCH3 is 1. The van der Waals surface area contributed by atoms with E-state index in [1.54, 1.807) is 30.3 Å². The Morgan fingerprint density at radius 3 is 2.61 bits per heavy atom. The molecule has 0 N–H and O–H groups in total. The van der Waals surface area contributed by atoms with Gasteiger partial charge in [0.1, 0.15) is 5.75 Å². The fraction of sp³-hybridized carbons (Fsp3) is 0.261. The second-order valence-corrected chi connectivity index (χ2v) is 7.54. The van der Waals surface area contributed by atoms with E-state index in [4.69, 9.17) is 18.9 Å². The molecule has 0 unspecified atom stereocenters. The number of esters is 2. The van der Waals surface area contributed by atoms with Gasteiger partial charge >= 0.3 is 11.9 Å². The van der Waals surface area contributed by atoms with Crippen molar-refractivity contribution in [2.24, 2.45) is 4.99 Å². The highest BCUT2D eigenvalue weighted by Gasteiger charge is 2.24. The van der Waals surface area contributed by atoms with E-state index in [1.165, 1.54) is 14.0 Å². The molecule has 31 heavy (non-hydrogen) atoms. The monoisotopic (exact) mass is 487 g/mol. The molecule has 8 heteroatoms. The molecule has 0 saturated heterocycles. The predicted octanol–water partition coefficient (Wildman–Crippen LogP) is 4.91. The van der Waals surface area contributed by atoms with Crippen molar-refractivity contribution in [3.05, 3.63) is 57.7 Å². The van der Waals surface area contributed by atoms with Crippen LogP contribution < -0.4 is 14.2 Å². The topological polar surface area (TPSA) is 83.4 Å². The SMILES string of the molecule is CCCCOc1ccc(C2=N/C(=C\c3cc(Br)c(OC(C)=O)c(OC)c3)C(=O)O2)cc1. The van der Waals surface area contributed by atoms with Crippen LogP contribution in [-0.4, -0.2) is 31.6 Å². The fourth-order valence-electron chi connectivity index (χ4n) is 2.78. The molecule has 0 aromatic heterocycles. The van der Waals surface area contributed by atoms with Crippen molar-refractivity contribution < 1.29 is 28.5 Å². The summed E-state index contributed by atoms with van der Waals surface area (Å²) in [5.41, 5.74) is 1.44. The van der Waals surface area contributed by atoms with E-state index < -0.39 is 11.9 Å². The van der Waals surface area contributed by atoms with Crippen LogP contribution in [0.25, 0.3) is 6.08 Å². The molecule has 7 nitrogen and oxygen atoms in total. The lowest BCUT2D eigenvalue weighted by Gasteiger charge is -2.11. The van der Waals surface area contributed by atoms with Crippen molar-refractivity contribution in [2.75, 3.05) is 13.7 Å². The summed E-state index contributed by atoms with van der Waals surface area (Å²) < 4.78 is 21.9. The molecule has 3 rings (SSSR count). The summed E-state index contributed by atoms with van der Waals surface area (Å²) in [6.07, 6.45) is 3.63. The van der Waals surface area contributed by atoms with Gasteiger partial charge in [0.05, 0.1) is 18.2 Å². The Hall–Kier alpha value is -3.13. The van der Waals surface area contributed by atoms with Gasteiger partial charge in [0.25, 0.3) is 0 Å². The maximum absolute atomic E-state index is 12.3. The molecule has 1 heterocycles. The van der Waals surface area contributed by atoms with E-state index in [9.17, 15) is 9.59 Å². The number of hydrogen-bond donors (Lipinski definition) is 0. The highest BCUT2D eigenvalue weighted by molar-refractivity contribution is 9.10. The molecule has 0 bridgehead atoms. The first-order chi connectivity index (χ1) is 14.9. The Morgan fingerprint density at radius 1 is 1.23 bits per heavy atom. The lowest BCUT2D eigenvalue weighted by molar-refractivity contribution is -0.132. The van der Waals surface area contributed by atoms with Gasteiger partial charge in [0.2, 0.25) is 5.90 Å². The van der Waals surface area contributed by atoms with Gasteiger partial charge < -0.3 is 18.9 Å². The number of rotatable bonds is 8. The van der Waals surface area contributed by atoms with E-state index in [2.05, 4.69) is 27.8 Å². The average Bonchev–Trinajstić information content (AvgIpc) is 3.10. The van der Waals surface area contributed by atoms with Gasteiger partial charge in [-0.3, -0.25) is 4.79 Å². The Bertz CT molecular complexity index is 1040. The van der Waals surface area contributed by atoms with Crippen LogP contribution in [0.5, 0.6) is 17.2 Å². The summed E-state index contributed by atoms with van der Waals surface area (Å²) in [5.74, 6) is 0.543. The van der Waals surface area contributed by atoms with Crippen molar-refractivity contribution in [1.29, 1.82) is 0 Å². The van der Waals surface area contributed by atoms with Crippen LogP contribution in [-0.2, 0) is 14.3 Å². The zero-order valence-electron chi connectivity index (χ0n) is 17.4. The van der Waals surface area contributed by atoms with Crippen LogP contribution in [0.15, 0.2) is 51.6 Å². The largest absolute Gasteiger partial charge is 0.494 e. The highest BCUT2D eigenvalue weighted by atomic mass is 79.9. The van der Waals surface area contributed by atoms with Gasteiger partial charge in [0, 0.05) is 12.5 Å². The molecule has 162 valence electrons. The van der Waals surface area contributed by atoms with Crippen molar-refractivity contribution in [3.63, 3.8) is 0 Å². The predicted molar refractivity (Wildman–Crippen MR) is 119 cm³/mol. The molecule has 0 fully saturated rings. The zero-order valence-corrected chi connectivity index (χ0v) is 19.0. The van der Waals surface area contributed by atoms with Crippen LogP contribution in [0.3, 0.4) is 0 Å². The quantitative estimate of drug-likeness (QED) is 0.227. The molecule has 0 saturated carbocycles. The molecule has 1 aliphatic rings. The van der Waals surface area contributed by atoms with Gasteiger partial charge in [-0.15, -0.1) is 0 Å². The number of halogens is 1. The number of aliphatic imine (C=N–C) groups is 1. The number of hydrogen-bond acceptors (Lipinski definition) is 7. The third-order valence-electron chi connectivity index (χ3n) is 4.29. The number of nitrogens with zero attached hydrogens (tertiary/aromatic N) is 1. The van der Waals surface area contributed by atoms with E-state index in [1.807, 2.05) is 12.1 Å². The van der Waals surface area contributed by atoms with Crippen molar-refractivity contribution in [1.82, 2.24) is 0 Å². The molecule has 0 radical (unpaired) electrons. The summed E-state index contributed by atoms with van der Waals surface area (Å²) in [6.45, 7) is 4.07. The first-order valence-electron chi connectivity index (χ1n) is 9.73. The molecular formula is C23H22BrNO6. The Morgan fingerprint density at radius 2 is 1.97 bits per heavy atom. The molecule has 2 aromatic rings. The van der Waals surface area contributed by atoms with Crippen molar-refractivity contribution in [2.45, 2.75) is 26.7 Å². The minimum absolute atomic E-state index is 0.146. The molecule has 0 amide bonds. The maximum Gasteiger partial charge on any atom is 0.363 e. The summed E-state index contributed by atoms with van der Waals surface area (Å²) in [7, 11) is 1.46. The molecular weight excluding hydrogens is 466 g/mol. The summed E-state index contributed by atoms with van der Waals surface area (Å²) in [4.78, 5) is 27.9. The molecule has 0 atom stereocenters. The number of cyclic esters (lactones) is 1. The summed E-state index contributed by atoms with van der Waals surface area (Å²) in [6, 6.07) is 10.6. The van der Waals surface area contributed by atoms with Crippen LogP contribution in [0.1, 0.15) is 37.8 Å². The Labute approximate surface area is 188 Å². The lowest BCUT2D eigenvalue weighted by atomic mass is 10.1. The van der Waals surface area contributed by atoms with Gasteiger partial charge in [-0.25, -0.2) is 9.79 Å². The third-order valence-corrected chi connectivity index (χ3v) is 4.88. The summed E-state index contributed by atoms with van der Waals surface area (Å²) >= 11 is 3.36. The highest BCUT2D eigenvalue weighted by Crippen LogP contribution is 2.37. The smallest absolute Gasteiger partial charge is 0.363 e. The first-order valence-corrected chi connectivity index (χ1v) is 10.5. The summed E-state index contributed by atoms with van der Waals surface area (Å²) in [5, 5.41) is 0. The van der Waals surface area contributed by atoms with Gasteiger partial charge in [-0.2, -0.15) is 0 Å². The van der Waals surface area contributed by atoms with E-state index >= 15 is 0 Å². The third kappa shape index (κ3) is 5.73. The second kappa shape index (κ2) is 10.3. The number of carbonyl (C=O) groups excluding carboxylic acids is 2. The average molecular weight is 488 g/mol. The number of carbonyl (C=O) groups is 2. The van der Waals surface area contributed by atoms with Crippen LogP contribution in [0.2, 0.25) is 0 Å². The van der Waals surface area contributed by atoms with Crippen LogP contribution in [0, 0.1) is 0 Å². The number of benzene rings is 2. The van der Waals surface area contributed by atoms with Gasteiger partial charge in [0.15, 0.2) is 17.2 Å². The molecule has 2 aromatic carbocycles. The molecule has 0 aliphatic carbocycles. The number of unbranched alkanes of at least 4 members (excludes halogenated alkanes) is 1. The van der Waals surface area contributed by atoms with Crippen molar-refractivity contribution >= 4 is 39.8 Å². The van der Waals surface area contributed by atoms with E-state index in [0.29, 0.717) is 28.0 Å². The standard InChI is InChI=1S/C23H22BrNO6/c1-4-5-10-29-17-8-6-16(7-9-17)22-25-19(23(27)31-22)12-15-11-18(24)21(30-14(2)26)20(13-15)28-3/h6-9,11-13H,4-5,10H2,1-3H3/b19-12-. The fourth-order valence-corrected chi connectivity index (χ4v) is 3.33. The normalized spacial score (nSPS) is 14.3. The van der Waals surface area contributed by atoms with Crippen molar-refractivity contribution in [3.8, 4) is 17.2 Å². The first kappa shape index (κ1) is 22.6. The van der Waals surface area contributed by atoms with Gasteiger partial charge in [-0.1, -0.05) is 13.3 Å².